The number of carbonyl (C=O) groups excluding carboxylic acids is 1. The molecule has 1 aliphatic heterocycles. The fourth-order valence-corrected chi connectivity index (χ4v) is 2.26. The Bertz CT molecular complexity index is 462. The number of hydrogen-bond acceptors (Lipinski definition) is 4. The first-order valence-electron chi connectivity index (χ1n) is 6.80. The van der Waals surface area contributed by atoms with E-state index in [2.05, 4.69) is 9.97 Å². The topological polar surface area (TPSA) is 55.3 Å². The van der Waals surface area contributed by atoms with Gasteiger partial charge in [0.05, 0.1) is 17.4 Å². The van der Waals surface area contributed by atoms with Crippen LogP contribution in [0, 0.1) is 5.41 Å². The summed E-state index contributed by atoms with van der Waals surface area (Å²) in [4.78, 5) is 22.1. The smallest absolute Gasteiger partial charge is 0.316 e. The molecule has 5 nitrogen and oxygen atoms in total. The summed E-state index contributed by atoms with van der Waals surface area (Å²) in [6.45, 7) is 7.27. The van der Waals surface area contributed by atoms with E-state index >= 15 is 0 Å². The maximum Gasteiger partial charge on any atom is 0.316 e. The molecular weight excluding hydrogens is 278 g/mol. The predicted octanol–water partition coefficient (Wildman–Crippen LogP) is 2.55. The maximum atomic E-state index is 12.2. The highest BCUT2D eigenvalue weighted by molar-refractivity contribution is 6.30. The van der Waals surface area contributed by atoms with Crippen LogP contribution in [0.2, 0.25) is 5.02 Å². The molecule has 0 radical (unpaired) electrons. The third-order valence-corrected chi connectivity index (χ3v) is 3.43. The average Bonchev–Trinajstić information content (AvgIpc) is 2.40. The number of carbonyl (C=O) groups is 1. The zero-order chi connectivity index (χ0) is 14.8. The van der Waals surface area contributed by atoms with Gasteiger partial charge < -0.3 is 9.64 Å². The molecule has 0 bridgehead atoms. The minimum atomic E-state index is -0.326. The molecule has 2 heterocycles. The quantitative estimate of drug-likeness (QED) is 0.842. The molecular formula is C14H20ClN3O2. The number of nitrogens with zero attached hydrogens (tertiary/aromatic N) is 3. The zero-order valence-corrected chi connectivity index (χ0v) is 12.9. The van der Waals surface area contributed by atoms with Crippen LogP contribution in [-0.4, -0.2) is 40.0 Å². The second kappa shape index (κ2) is 5.95. The molecule has 0 saturated carbocycles. The van der Waals surface area contributed by atoms with Gasteiger partial charge in [-0.2, -0.15) is 0 Å². The Balaban J connectivity index is 1.85. The van der Waals surface area contributed by atoms with Gasteiger partial charge in [0.15, 0.2) is 0 Å². The predicted molar refractivity (Wildman–Crippen MR) is 76.7 cm³/mol. The molecule has 0 aliphatic carbocycles. The van der Waals surface area contributed by atoms with E-state index in [1.165, 1.54) is 12.4 Å². The first kappa shape index (κ1) is 15.0. The molecule has 0 atom stereocenters. The monoisotopic (exact) mass is 297 g/mol. The summed E-state index contributed by atoms with van der Waals surface area (Å²) in [6.07, 6.45) is 4.69. The lowest BCUT2D eigenvalue weighted by Crippen LogP contribution is -2.46. The van der Waals surface area contributed by atoms with Crippen LogP contribution in [0.15, 0.2) is 12.4 Å². The van der Waals surface area contributed by atoms with Crippen molar-refractivity contribution in [1.82, 2.24) is 14.9 Å². The molecule has 0 spiro atoms. The summed E-state index contributed by atoms with van der Waals surface area (Å²) in [6, 6.07) is 0.343. The molecule has 1 fully saturated rings. The van der Waals surface area contributed by atoms with Crippen LogP contribution >= 0.6 is 11.6 Å². The Morgan fingerprint density at radius 1 is 1.30 bits per heavy atom. The number of hydrogen-bond donors (Lipinski definition) is 0. The van der Waals surface area contributed by atoms with E-state index in [1.54, 1.807) is 0 Å². The molecule has 0 aromatic carbocycles. The lowest BCUT2D eigenvalue weighted by molar-refractivity contribution is -0.141. The van der Waals surface area contributed by atoms with Crippen molar-refractivity contribution in [2.75, 3.05) is 13.1 Å². The molecule has 0 N–H and O–H groups in total. The number of ether oxygens (including phenoxy) is 1. The Labute approximate surface area is 124 Å². The van der Waals surface area contributed by atoms with Crippen LogP contribution in [-0.2, 0) is 4.79 Å². The van der Waals surface area contributed by atoms with Crippen LogP contribution < -0.4 is 4.74 Å². The molecule has 1 amide bonds. The molecule has 1 aromatic heterocycles. The Kier molecular flexibility index (Phi) is 4.48. The second-order valence-electron chi connectivity index (χ2n) is 6.04. The van der Waals surface area contributed by atoms with Crippen molar-refractivity contribution < 1.29 is 9.53 Å². The minimum Gasteiger partial charge on any atom is -0.460 e. The fraction of sp³-hybridized carbons (Fsp3) is 0.643. The standard InChI is InChI=1S/C14H20ClN3O2/c1-14(2,3)12(19)18-6-4-11(5-7-18)20-13-16-8-10(15)9-17-13/h8-9,11H,4-7H2,1-3H3. The van der Waals surface area contributed by atoms with Crippen LogP contribution in [0.5, 0.6) is 6.01 Å². The van der Waals surface area contributed by atoms with Gasteiger partial charge in [0.25, 0.3) is 0 Å². The van der Waals surface area contributed by atoms with Gasteiger partial charge in [-0.1, -0.05) is 32.4 Å². The average molecular weight is 298 g/mol. The van der Waals surface area contributed by atoms with Gasteiger partial charge in [-0.25, -0.2) is 9.97 Å². The highest BCUT2D eigenvalue weighted by Gasteiger charge is 2.31. The van der Waals surface area contributed by atoms with Crippen molar-refractivity contribution in [3.8, 4) is 6.01 Å². The van der Waals surface area contributed by atoms with Gasteiger partial charge in [-0.3, -0.25) is 4.79 Å². The van der Waals surface area contributed by atoms with Gasteiger partial charge >= 0.3 is 6.01 Å². The Morgan fingerprint density at radius 2 is 1.85 bits per heavy atom. The summed E-state index contributed by atoms with van der Waals surface area (Å²) in [5, 5.41) is 0.489. The van der Waals surface area contributed by atoms with Crippen molar-refractivity contribution in [1.29, 1.82) is 0 Å². The summed E-state index contributed by atoms with van der Waals surface area (Å²) in [5.41, 5.74) is -0.326. The van der Waals surface area contributed by atoms with E-state index in [0.717, 1.165) is 12.8 Å². The fourth-order valence-electron chi connectivity index (χ4n) is 2.16. The molecule has 6 heteroatoms. The van der Waals surface area contributed by atoms with Crippen molar-refractivity contribution in [2.45, 2.75) is 39.7 Å². The largest absolute Gasteiger partial charge is 0.460 e. The van der Waals surface area contributed by atoms with Gasteiger partial charge in [-0.05, 0) is 0 Å². The molecule has 0 unspecified atom stereocenters. The Morgan fingerprint density at radius 3 is 2.35 bits per heavy atom. The molecule has 1 aliphatic rings. The Hall–Kier alpha value is -1.36. The highest BCUT2D eigenvalue weighted by Crippen LogP contribution is 2.22. The summed E-state index contributed by atoms with van der Waals surface area (Å²) < 4.78 is 5.71. The summed E-state index contributed by atoms with van der Waals surface area (Å²) in [7, 11) is 0. The number of likely N-dealkylation sites (tertiary alicyclic amines) is 1. The van der Waals surface area contributed by atoms with Crippen LogP contribution in [0.3, 0.4) is 0 Å². The van der Waals surface area contributed by atoms with E-state index in [4.69, 9.17) is 16.3 Å². The van der Waals surface area contributed by atoms with Crippen LogP contribution in [0.4, 0.5) is 0 Å². The lowest BCUT2D eigenvalue weighted by Gasteiger charge is -2.35. The second-order valence-corrected chi connectivity index (χ2v) is 6.48. The van der Waals surface area contributed by atoms with Crippen molar-refractivity contribution in [3.05, 3.63) is 17.4 Å². The number of amides is 1. The van der Waals surface area contributed by atoms with E-state index in [9.17, 15) is 4.79 Å². The van der Waals surface area contributed by atoms with Gasteiger partial charge in [-0.15, -0.1) is 0 Å². The third-order valence-electron chi connectivity index (χ3n) is 3.24. The summed E-state index contributed by atoms with van der Waals surface area (Å²) in [5.74, 6) is 0.193. The first-order chi connectivity index (χ1) is 9.36. The van der Waals surface area contributed by atoms with E-state index < -0.39 is 0 Å². The molecule has 20 heavy (non-hydrogen) atoms. The van der Waals surface area contributed by atoms with Gasteiger partial charge in [0.2, 0.25) is 5.91 Å². The lowest BCUT2D eigenvalue weighted by atomic mass is 9.93. The van der Waals surface area contributed by atoms with E-state index in [0.29, 0.717) is 24.1 Å². The molecule has 2 rings (SSSR count). The van der Waals surface area contributed by atoms with Gasteiger partial charge in [0.1, 0.15) is 6.10 Å². The number of aromatic nitrogens is 2. The molecule has 1 saturated heterocycles. The maximum absolute atomic E-state index is 12.2. The number of halogens is 1. The van der Waals surface area contributed by atoms with E-state index in [1.807, 2.05) is 25.7 Å². The normalized spacial score (nSPS) is 17.1. The number of piperidine rings is 1. The van der Waals surface area contributed by atoms with Crippen LogP contribution in [0.1, 0.15) is 33.6 Å². The highest BCUT2D eigenvalue weighted by atomic mass is 35.5. The van der Waals surface area contributed by atoms with Crippen LogP contribution in [0.25, 0.3) is 0 Å². The first-order valence-corrected chi connectivity index (χ1v) is 7.17. The van der Waals surface area contributed by atoms with E-state index in [-0.39, 0.29) is 17.4 Å². The van der Waals surface area contributed by atoms with Crippen molar-refractivity contribution >= 4 is 17.5 Å². The number of rotatable bonds is 2. The third kappa shape index (κ3) is 3.82. The minimum absolute atomic E-state index is 0.0557. The van der Waals surface area contributed by atoms with Crippen molar-refractivity contribution in [2.24, 2.45) is 5.41 Å². The van der Waals surface area contributed by atoms with Gasteiger partial charge in [0, 0.05) is 31.3 Å². The molecule has 110 valence electrons. The zero-order valence-electron chi connectivity index (χ0n) is 12.1. The molecule has 1 aromatic rings. The summed E-state index contributed by atoms with van der Waals surface area (Å²) >= 11 is 5.73. The SMILES string of the molecule is CC(C)(C)C(=O)N1CCC(Oc2ncc(Cl)cn2)CC1. The van der Waals surface area contributed by atoms with Crippen molar-refractivity contribution in [3.63, 3.8) is 0 Å².